The highest BCUT2D eigenvalue weighted by Gasteiger charge is 2.56. The summed E-state index contributed by atoms with van der Waals surface area (Å²) in [4.78, 5) is 19.6. The first-order valence-electron chi connectivity index (χ1n) is 12.2. The summed E-state index contributed by atoms with van der Waals surface area (Å²) in [6.45, 7) is 8.03. The number of rotatable bonds is 7. The van der Waals surface area contributed by atoms with Crippen LogP contribution < -0.4 is 10.2 Å². The van der Waals surface area contributed by atoms with Gasteiger partial charge in [-0.2, -0.15) is 0 Å². The van der Waals surface area contributed by atoms with Crippen LogP contribution in [-0.4, -0.2) is 51.6 Å². The molecule has 0 bridgehead atoms. The SMILES string of the molecule is CC(C)(C)C[C@@H](Cn1cnc2ccccc21)OC(=O)NC1(CN2CCc3cc(F)ccc32)CC1O. The van der Waals surface area contributed by atoms with Crippen molar-refractivity contribution >= 4 is 22.8 Å². The fourth-order valence-corrected chi connectivity index (χ4v) is 5.16. The van der Waals surface area contributed by atoms with Crippen molar-refractivity contribution in [2.24, 2.45) is 5.41 Å². The summed E-state index contributed by atoms with van der Waals surface area (Å²) in [5.41, 5.74) is 2.99. The molecule has 1 aromatic heterocycles. The Balaban J connectivity index is 1.27. The van der Waals surface area contributed by atoms with E-state index in [0.29, 0.717) is 25.9 Å². The van der Waals surface area contributed by atoms with Crippen molar-refractivity contribution in [3.05, 3.63) is 60.2 Å². The Morgan fingerprint density at radius 3 is 2.83 bits per heavy atom. The molecule has 2 heterocycles. The normalized spacial score (nSPS) is 22.2. The van der Waals surface area contributed by atoms with Crippen molar-refractivity contribution < 1.29 is 19.0 Å². The molecule has 1 aliphatic carbocycles. The van der Waals surface area contributed by atoms with Gasteiger partial charge in [-0.05, 0) is 54.2 Å². The molecular weight excluding hydrogens is 447 g/mol. The van der Waals surface area contributed by atoms with E-state index < -0.39 is 17.7 Å². The van der Waals surface area contributed by atoms with Crippen LogP contribution in [0.1, 0.15) is 39.2 Å². The topological polar surface area (TPSA) is 79.6 Å². The summed E-state index contributed by atoms with van der Waals surface area (Å²) < 4.78 is 21.6. The second kappa shape index (κ2) is 8.82. The number of nitrogens with one attached hydrogen (secondary N) is 1. The Labute approximate surface area is 204 Å². The fraction of sp³-hybridized carbons (Fsp3) is 0.481. The van der Waals surface area contributed by atoms with Gasteiger partial charge in [-0.3, -0.25) is 0 Å². The molecule has 2 aromatic carbocycles. The van der Waals surface area contributed by atoms with Gasteiger partial charge >= 0.3 is 6.09 Å². The molecule has 0 spiro atoms. The maximum absolute atomic E-state index is 13.6. The third-order valence-electron chi connectivity index (χ3n) is 6.93. The van der Waals surface area contributed by atoms with Crippen molar-refractivity contribution in [1.82, 2.24) is 14.9 Å². The third-order valence-corrected chi connectivity index (χ3v) is 6.93. The Hall–Kier alpha value is -3.13. The largest absolute Gasteiger partial charge is 0.444 e. The molecule has 35 heavy (non-hydrogen) atoms. The third kappa shape index (κ3) is 5.12. The van der Waals surface area contributed by atoms with Gasteiger partial charge in [0.2, 0.25) is 0 Å². The van der Waals surface area contributed by atoms with Crippen LogP contribution in [0, 0.1) is 11.2 Å². The zero-order valence-electron chi connectivity index (χ0n) is 20.5. The quantitative estimate of drug-likeness (QED) is 0.528. The van der Waals surface area contributed by atoms with Gasteiger partial charge < -0.3 is 24.6 Å². The van der Waals surface area contributed by atoms with Crippen LogP contribution in [0.5, 0.6) is 0 Å². The van der Waals surface area contributed by atoms with Crippen molar-refractivity contribution in [3.8, 4) is 0 Å². The summed E-state index contributed by atoms with van der Waals surface area (Å²) in [6.07, 6.45) is 2.13. The van der Waals surface area contributed by atoms with Gasteiger partial charge in [0.15, 0.2) is 0 Å². The first kappa shape index (κ1) is 23.6. The molecule has 7 nitrogen and oxygen atoms in total. The molecule has 1 fully saturated rings. The van der Waals surface area contributed by atoms with Crippen LogP contribution in [0.3, 0.4) is 0 Å². The van der Waals surface area contributed by atoms with Crippen LogP contribution >= 0.6 is 0 Å². The van der Waals surface area contributed by atoms with E-state index in [9.17, 15) is 14.3 Å². The summed E-state index contributed by atoms with van der Waals surface area (Å²) in [5, 5.41) is 13.4. The van der Waals surface area contributed by atoms with Crippen LogP contribution in [0.15, 0.2) is 48.8 Å². The summed E-state index contributed by atoms with van der Waals surface area (Å²) in [7, 11) is 0. The standard InChI is InChI=1S/C27H33FN4O3/c1-26(2,3)13-20(15-32-17-29-21-6-4-5-7-23(21)32)35-25(34)30-27(14-24(27)33)16-31-11-10-18-12-19(28)8-9-22(18)31/h4-9,12,17,20,24,33H,10-11,13-16H2,1-3H3,(H,30,34)/t20-,24?,27?/m0/s1. The van der Waals surface area contributed by atoms with Crippen molar-refractivity contribution in [2.75, 3.05) is 18.0 Å². The average Bonchev–Trinajstić information content (AvgIpc) is 3.09. The van der Waals surface area contributed by atoms with E-state index >= 15 is 0 Å². The molecule has 0 saturated heterocycles. The summed E-state index contributed by atoms with van der Waals surface area (Å²) >= 11 is 0. The Morgan fingerprint density at radius 1 is 1.31 bits per heavy atom. The lowest BCUT2D eigenvalue weighted by molar-refractivity contribution is 0.0578. The molecule has 186 valence electrons. The van der Waals surface area contributed by atoms with Crippen molar-refractivity contribution in [2.45, 2.75) is 64.3 Å². The second-order valence-electron chi connectivity index (χ2n) is 11.1. The number of anilines is 1. The smallest absolute Gasteiger partial charge is 0.408 e. The molecule has 2 aliphatic rings. The molecule has 1 aliphatic heterocycles. The number of para-hydroxylation sites is 2. The zero-order chi connectivity index (χ0) is 24.8. The lowest BCUT2D eigenvalue weighted by Crippen LogP contribution is -2.49. The number of fused-ring (bicyclic) bond motifs is 2. The van der Waals surface area contributed by atoms with Crippen LogP contribution in [0.4, 0.5) is 14.9 Å². The lowest BCUT2D eigenvalue weighted by Gasteiger charge is -2.29. The highest BCUT2D eigenvalue weighted by Crippen LogP contribution is 2.40. The van der Waals surface area contributed by atoms with Gasteiger partial charge in [-0.1, -0.05) is 32.9 Å². The minimum atomic E-state index is -0.763. The van der Waals surface area contributed by atoms with E-state index in [1.165, 1.54) is 6.07 Å². The molecule has 3 atom stereocenters. The number of alkyl carbamates (subject to hydrolysis) is 1. The Kier molecular flexibility index (Phi) is 5.95. The van der Waals surface area contributed by atoms with Gasteiger partial charge in [0.25, 0.3) is 0 Å². The molecule has 5 rings (SSSR count). The number of halogens is 1. The number of aliphatic hydroxyl groups excluding tert-OH is 1. The number of carbonyl (C=O) groups is 1. The fourth-order valence-electron chi connectivity index (χ4n) is 5.16. The van der Waals surface area contributed by atoms with Crippen molar-refractivity contribution in [1.29, 1.82) is 0 Å². The Bertz CT molecular complexity index is 1240. The number of nitrogens with zero attached hydrogens (tertiary/aromatic N) is 3. The van der Waals surface area contributed by atoms with E-state index in [0.717, 1.165) is 35.2 Å². The van der Waals surface area contributed by atoms with Crippen LogP contribution in [0.25, 0.3) is 11.0 Å². The predicted octanol–water partition coefficient (Wildman–Crippen LogP) is 4.27. The monoisotopic (exact) mass is 480 g/mol. The first-order chi connectivity index (χ1) is 16.6. The first-order valence-corrected chi connectivity index (χ1v) is 12.2. The van der Waals surface area contributed by atoms with Gasteiger partial charge in [0.1, 0.15) is 11.9 Å². The molecule has 1 amide bonds. The number of hydrogen-bond acceptors (Lipinski definition) is 5. The number of imidazole rings is 1. The van der Waals surface area contributed by atoms with Gasteiger partial charge in [-0.15, -0.1) is 0 Å². The predicted molar refractivity (Wildman–Crippen MR) is 133 cm³/mol. The molecule has 1 saturated carbocycles. The molecule has 8 heteroatoms. The molecule has 2 unspecified atom stereocenters. The zero-order valence-corrected chi connectivity index (χ0v) is 20.5. The van der Waals surface area contributed by atoms with E-state index in [4.69, 9.17) is 4.74 Å². The molecule has 3 aromatic rings. The average molecular weight is 481 g/mol. The number of aromatic nitrogens is 2. The van der Waals surface area contributed by atoms with E-state index in [1.807, 2.05) is 28.8 Å². The second-order valence-corrected chi connectivity index (χ2v) is 11.1. The highest BCUT2D eigenvalue weighted by molar-refractivity contribution is 5.75. The van der Waals surface area contributed by atoms with Gasteiger partial charge in [-0.25, -0.2) is 14.2 Å². The molecule has 0 radical (unpaired) electrons. The number of benzene rings is 2. The van der Waals surface area contributed by atoms with E-state index in [2.05, 4.69) is 36.0 Å². The van der Waals surface area contributed by atoms with Crippen LogP contribution in [-0.2, 0) is 17.7 Å². The number of amides is 1. The lowest BCUT2D eigenvalue weighted by atomic mass is 9.89. The molecule has 2 N–H and O–H groups in total. The maximum atomic E-state index is 13.6. The summed E-state index contributed by atoms with van der Waals surface area (Å²) in [5.74, 6) is -0.246. The van der Waals surface area contributed by atoms with Gasteiger partial charge in [0.05, 0.1) is 35.5 Å². The van der Waals surface area contributed by atoms with E-state index in [-0.39, 0.29) is 17.3 Å². The minimum absolute atomic E-state index is 0.0490. The van der Waals surface area contributed by atoms with Crippen LogP contribution in [0.2, 0.25) is 0 Å². The molecular formula is C27H33FN4O3. The van der Waals surface area contributed by atoms with Gasteiger partial charge in [0, 0.05) is 25.2 Å². The van der Waals surface area contributed by atoms with Crippen molar-refractivity contribution in [3.63, 3.8) is 0 Å². The highest BCUT2D eigenvalue weighted by atomic mass is 19.1. The maximum Gasteiger partial charge on any atom is 0.408 e. The number of aliphatic hydroxyl groups is 1. The van der Waals surface area contributed by atoms with E-state index in [1.54, 1.807) is 18.5 Å². The minimum Gasteiger partial charge on any atom is -0.444 e. The number of carbonyl (C=O) groups excluding carboxylic acids is 1. The number of ether oxygens (including phenoxy) is 1. The Morgan fingerprint density at radius 2 is 2.09 bits per heavy atom. The number of hydrogen-bond donors (Lipinski definition) is 2. The summed E-state index contributed by atoms with van der Waals surface area (Å²) in [6, 6.07) is 12.7.